The third-order valence-corrected chi connectivity index (χ3v) is 14.8. The Balaban J connectivity index is 0.000000167. The quantitative estimate of drug-likeness (QED) is 0.268. The molecule has 0 spiro atoms. The van der Waals surface area contributed by atoms with Crippen LogP contribution in [0.2, 0.25) is 0 Å². The molecule has 15 heteroatoms. The molecule has 0 bridgehead atoms. The summed E-state index contributed by atoms with van der Waals surface area (Å²) in [6, 6.07) is 0.994. The second kappa shape index (κ2) is 24.5. The first kappa shape index (κ1) is 55.3. The van der Waals surface area contributed by atoms with Crippen LogP contribution in [0.5, 0.6) is 0 Å². The van der Waals surface area contributed by atoms with Crippen molar-refractivity contribution in [1.29, 1.82) is 0 Å². The van der Waals surface area contributed by atoms with Gasteiger partial charge in [-0.1, -0.05) is 6.58 Å². The molecule has 0 aromatic rings. The van der Waals surface area contributed by atoms with Crippen LogP contribution in [0.4, 0.5) is 0 Å². The first-order valence-corrected chi connectivity index (χ1v) is 25.8. The van der Waals surface area contributed by atoms with Crippen LogP contribution >= 0.6 is 0 Å². The summed E-state index contributed by atoms with van der Waals surface area (Å²) in [5.74, 6) is 0.722. The lowest BCUT2D eigenvalue weighted by Crippen LogP contribution is -2.56. The molecule has 8 aliphatic rings. The normalized spacial score (nSPS) is 27.6. The maximum Gasteiger partial charge on any atom is 0.331 e. The predicted molar refractivity (Wildman–Crippen MR) is 267 cm³/mol. The lowest BCUT2D eigenvalue weighted by molar-refractivity contribution is -0.150. The van der Waals surface area contributed by atoms with E-state index in [0.29, 0.717) is 43.7 Å². The number of carbonyl (C=O) groups is 3. The van der Waals surface area contributed by atoms with E-state index in [2.05, 4.69) is 129 Å². The van der Waals surface area contributed by atoms with Gasteiger partial charge in [-0.25, -0.2) is 4.79 Å². The number of cyclic esters (lactones) is 3. The van der Waals surface area contributed by atoms with E-state index in [-0.39, 0.29) is 40.6 Å². The molecule has 7 fully saturated rings. The number of piperazine rings is 4. The molecule has 0 radical (unpaired) electrons. The van der Waals surface area contributed by atoms with E-state index in [1.165, 1.54) is 26.2 Å². The zero-order chi connectivity index (χ0) is 49.2. The van der Waals surface area contributed by atoms with Gasteiger partial charge in [-0.05, 0) is 101 Å². The van der Waals surface area contributed by atoms with Gasteiger partial charge in [0, 0.05) is 165 Å². The molecule has 3 unspecified atom stereocenters. The summed E-state index contributed by atoms with van der Waals surface area (Å²) in [5.41, 5.74) is 2.21. The topological polar surface area (TPSA) is 114 Å². The molecule has 7 saturated heterocycles. The highest BCUT2D eigenvalue weighted by atomic mass is 16.6. The van der Waals surface area contributed by atoms with Crippen LogP contribution < -0.4 is 0 Å². The van der Waals surface area contributed by atoms with Gasteiger partial charge < -0.3 is 18.9 Å². The van der Waals surface area contributed by atoms with Crippen molar-refractivity contribution in [1.82, 2.24) is 39.2 Å². The van der Waals surface area contributed by atoms with Gasteiger partial charge in [0.2, 0.25) is 0 Å². The first-order chi connectivity index (χ1) is 31.3. The molecule has 0 N–H and O–H groups in total. The van der Waals surface area contributed by atoms with Crippen molar-refractivity contribution < 1.29 is 33.3 Å². The maximum absolute atomic E-state index is 11.3. The van der Waals surface area contributed by atoms with Crippen LogP contribution in [0.15, 0.2) is 24.0 Å². The highest BCUT2D eigenvalue weighted by Gasteiger charge is 2.34. The highest BCUT2D eigenvalue weighted by molar-refractivity contribution is 5.85. The zero-order valence-electron chi connectivity index (χ0n) is 44.3. The Morgan fingerprint density at radius 2 is 1.00 bits per heavy atom. The van der Waals surface area contributed by atoms with E-state index in [4.69, 9.17) is 18.9 Å². The molecule has 0 amide bonds. The smallest absolute Gasteiger partial charge is 0.331 e. The average molecular weight is 943 g/mol. The van der Waals surface area contributed by atoms with Crippen LogP contribution in [0.3, 0.4) is 0 Å². The van der Waals surface area contributed by atoms with Crippen molar-refractivity contribution in [3.05, 3.63) is 24.0 Å². The van der Waals surface area contributed by atoms with Crippen LogP contribution in [0.1, 0.15) is 115 Å². The van der Waals surface area contributed by atoms with Crippen molar-refractivity contribution in [2.75, 3.05) is 138 Å². The Morgan fingerprint density at radius 1 is 0.537 bits per heavy atom. The van der Waals surface area contributed by atoms with E-state index in [1.807, 2.05) is 0 Å². The van der Waals surface area contributed by atoms with E-state index in [9.17, 15) is 14.4 Å². The Bertz CT molecular complexity index is 1620. The molecule has 8 aliphatic heterocycles. The van der Waals surface area contributed by atoms with Crippen molar-refractivity contribution in [2.45, 2.75) is 156 Å². The molecule has 0 aromatic carbocycles. The number of rotatable bonds is 6. The minimum atomic E-state index is -0.187. The Labute approximate surface area is 406 Å². The molecule has 8 heterocycles. The third-order valence-electron chi connectivity index (χ3n) is 14.8. The lowest BCUT2D eigenvalue weighted by atomic mass is 10.0. The number of nitrogens with zero attached hydrogens (tertiary/aromatic N) is 8. The number of carbonyl (C=O) groups excluding carboxylic acids is 3. The van der Waals surface area contributed by atoms with Gasteiger partial charge >= 0.3 is 17.9 Å². The molecule has 15 nitrogen and oxygen atoms in total. The molecule has 0 aromatic heterocycles. The number of hydrogen-bond acceptors (Lipinski definition) is 15. The summed E-state index contributed by atoms with van der Waals surface area (Å²) in [6.07, 6.45) is 5.89. The summed E-state index contributed by atoms with van der Waals surface area (Å²) in [7, 11) is 0. The molecule has 3 atom stereocenters. The number of hydrogen-bond donors (Lipinski definition) is 0. The van der Waals surface area contributed by atoms with E-state index >= 15 is 0 Å². The van der Waals surface area contributed by atoms with Gasteiger partial charge in [0.15, 0.2) is 0 Å². The van der Waals surface area contributed by atoms with Crippen LogP contribution in [-0.4, -0.2) is 235 Å². The van der Waals surface area contributed by atoms with Gasteiger partial charge in [0.1, 0.15) is 19.3 Å². The summed E-state index contributed by atoms with van der Waals surface area (Å²) in [5, 5.41) is 0. The molecule has 67 heavy (non-hydrogen) atoms. The Morgan fingerprint density at radius 3 is 1.39 bits per heavy atom. The fraction of sp³-hybridized carbons (Fsp3) is 0.865. The summed E-state index contributed by atoms with van der Waals surface area (Å²) in [6.45, 7) is 52.7. The van der Waals surface area contributed by atoms with Crippen molar-refractivity contribution in [3.63, 3.8) is 0 Å². The Kier molecular flexibility index (Phi) is 20.2. The largest absolute Gasteiger partial charge is 0.497 e. The molecular weight excluding hydrogens is 849 g/mol. The molecule has 0 aliphatic carbocycles. The molecule has 8 rings (SSSR count). The Hall–Kier alpha value is -2.63. The summed E-state index contributed by atoms with van der Waals surface area (Å²) < 4.78 is 20.6. The van der Waals surface area contributed by atoms with Crippen LogP contribution in [-0.2, 0) is 33.3 Å². The SMILES string of the molecule is C=C1CC(N2CCN(C(C)(C)C)CC2)CO1.CC(C)(C)N1CCN(C2CCOC(=O)C2)CC1.CC(C)(C)N1CCN(CC2=CC(=O)OC2)CC1.CC(C)(C)N1CCN(CC2CCC(=O)O2)CC1. The van der Waals surface area contributed by atoms with Crippen molar-refractivity contribution in [3.8, 4) is 0 Å². The van der Waals surface area contributed by atoms with E-state index in [1.54, 1.807) is 6.08 Å². The second-order valence-electron chi connectivity index (χ2n) is 23.9. The number of ether oxygens (including phenoxy) is 4. The predicted octanol–water partition coefficient (Wildman–Crippen LogP) is 4.81. The van der Waals surface area contributed by atoms with Gasteiger partial charge in [0.05, 0.1) is 24.8 Å². The molecule has 0 saturated carbocycles. The minimum absolute atomic E-state index is 0.0247. The van der Waals surface area contributed by atoms with Crippen LogP contribution in [0.25, 0.3) is 0 Å². The molecule has 384 valence electrons. The monoisotopic (exact) mass is 943 g/mol. The fourth-order valence-corrected chi connectivity index (χ4v) is 10.3. The zero-order valence-corrected chi connectivity index (χ0v) is 44.3. The highest BCUT2D eigenvalue weighted by Crippen LogP contribution is 2.25. The van der Waals surface area contributed by atoms with E-state index < -0.39 is 0 Å². The standard InChI is InChI=1S/C13H24N2O2.C13H22N2O2.C13H24N2O2.C13H24N2O/c1-13(2,3)15-7-5-14(6-8-15)11-4-9-17-12(16)10-11;1-13(2,3)15-6-4-14(5-7-15)9-11-8-12(16)17-10-11;1-13(2,3)15-8-6-14(7-9-15)10-11-4-5-12(16)17-11;1-11-9-12(10-16-11)14-5-7-15(8-6-14)13(2,3)4/h11H,4-10H2,1-3H3;8H,4-7,9-10H2,1-3H3;11H,4-10H2,1-3H3;12H,1,5-10H2,2-4H3. The average Bonchev–Trinajstić information content (AvgIpc) is 4.01. The van der Waals surface area contributed by atoms with Crippen LogP contribution in [0, 0.1) is 0 Å². The van der Waals surface area contributed by atoms with E-state index in [0.717, 1.165) is 129 Å². The first-order valence-electron chi connectivity index (χ1n) is 25.8. The molecular formula is C52H94N8O7. The second-order valence-corrected chi connectivity index (χ2v) is 23.9. The summed E-state index contributed by atoms with van der Waals surface area (Å²) >= 11 is 0. The van der Waals surface area contributed by atoms with Gasteiger partial charge in [0.25, 0.3) is 0 Å². The van der Waals surface area contributed by atoms with Gasteiger partial charge in [-0.2, -0.15) is 0 Å². The number of esters is 3. The van der Waals surface area contributed by atoms with Crippen molar-refractivity contribution in [2.24, 2.45) is 0 Å². The fourth-order valence-electron chi connectivity index (χ4n) is 10.3. The van der Waals surface area contributed by atoms with Gasteiger partial charge in [-0.3, -0.25) is 48.8 Å². The lowest BCUT2D eigenvalue weighted by Gasteiger charge is -2.45. The third kappa shape index (κ3) is 18.2. The summed E-state index contributed by atoms with van der Waals surface area (Å²) in [4.78, 5) is 53.2. The maximum atomic E-state index is 11.3. The minimum Gasteiger partial charge on any atom is -0.497 e. The van der Waals surface area contributed by atoms with Gasteiger partial charge in [-0.15, -0.1) is 0 Å². The van der Waals surface area contributed by atoms with Crippen molar-refractivity contribution >= 4 is 17.9 Å².